The van der Waals surface area contributed by atoms with E-state index < -0.39 is 0 Å². The molecule has 0 saturated carbocycles. The number of nitrogen functional groups attached to an aromatic ring is 1. The molecular formula is C15H14BrN3. The van der Waals surface area contributed by atoms with Gasteiger partial charge in [-0.3, -0.25) is 4.57 Å². The minimum Gasteiger partial charge on any atom is -0.369 e. The molecule has 0 aliphatic rings. The van der Waals surface area contributed by atoms with Crippen LogP contribution >= 0.6 is 15.9 Å². The van der Waals surface area contributed by atoms with Crippen LogP contribution in [0.4, 0.5) is 5.95 Å². The first-order chi connectivity index (χ1) is 9.06. The highest BCUT2D eigenvalue weighted by Gasteiger charge is 2.10. The Balaban J connectivity index is 2.31. The molecule has 2 N–H and O–H groups in total. The number of halogens is 1. The minimum atomic E-state index is 0.511. The van der Waals surface area contributed by atoms with Crippen LogP contribution in [0.1, 0.15) is 11.1 Å². The van der Waals surface area contributed by atoms with Crippen molar-refractivity contribution in [1.82, 2.24) is 9.55 Å². The summed E-state index contributed by atoms with van der Waals surface area (Å²) in [7, 11) is 0. The third-order valence-corrected chi connectivity index (χ3v) is 4.10. The molecule has 0 aliphatic heterocycles. The van der Waals surface area contributed by atoms with Gasteiger partial charge in [0.05, 0.1) is 16.7 Å². The molecule has 0 amide bonds. The Labute approximate surface area is 120 Å². The van der Waals surface area contributed by atoms with E-state index in [0.717, 1.165) is 21.2 Å². The first kappa shape index (κ1) is 12.2. The van der Waals surface area contributed by atoms with Crippen molar-refractivity contribution in [2.45, 2.75) is 13.8 Å². The molecule has 19 heavy (non-hydrogen) atoms. The van der Waals surface area contributed by atoms with Gasteiger partial charge in [0.2, 0.25) is 5.95 Å². The number of hydrogen-bond donors (Lipinski definition) is 1. The Hall–Kier alpha value is -1.81. The summed E-state index contributed by atoms with van der Waals surface area (Å²) < 4.78 is 3.05. The minimum absolute atomic E-state index is 0.511. The maximum Gasteiger partial charge on any atom is 0.205 e. The molecule has 1 aromatic heterocycles. The number of benzene rings is 2. The largest absolute Gasteiger partial charge is 0.369 e. The topological polar surface area (TPSA) is 43.8 Å². The molecule has 0 unspecified atom stereocenters. The number of nitrogens with two attached hydrogens (primary N) is 1. The van der Waals surface area contributed by atoms with Gasteiger partial charge in [-0.1, -0.05) is 28.1 Å². The van der Waals surface area contributed by atoms with E-state index in [1.54, 1.807) is 0 Å². The number of hydrogen-bond acceptors (Lipinski definition) is 2. The molecule has 3 rings (SSSR count). The van der Waals surface area contributed by atoms with E-state index in [1.165, 1.54) is 11.1 Å². The zero-order valence-corrected chi connectivity index (χ0v) is 12.4. The molecule has 3 aromatic rings. The standard InChI is InChI=1S/C15H14BrN3/c1-9-3-6-13-14(7-9)19(15(17)18-13)11-5-4-10(2)12(16)8-11/h3-8H,1-2H3,(H2,17,18). The predicted molar refractivity (Wildman–Crippen MR) is 82.7 cm³/mol. The SMILES string of the molecule is Cc1ccc2nc(N)n(-c3ccc(C)c(Br)c3)c2c1. The first-order valence-corrected chi connectivity index (χ1v) is 6.86. The molecule has 0 radical (unpaired) electrons. The molecule has 0 saturated heterocycles. The highest BCUT2D eigenvalue weighted by Crippen LogP contribution is 2.27. The van der Waals surface area contributed by atoms with Gasteiger partial charge < -0.3 is 5.73 Å². The van der Waals surface area contributed by atoms with E-state index in [4.69, 9.17) is 5.73 Å². The van der Waals surface area contributed by atoms with Gasteiger partial charge in [0, 0.05) is 4.47 Å². The zero-order chi connectivity index (χ0) is 13.6. The van der Waals surface area contributed by atoms with Crippen LogP contribution in [-0.4, -0.2) is 9.55 Å². The van der Waals surface area contributed by atoms with Crippen LogP contribution in [-0.2, 0) is 0 Å². The number of anilines is 1. The summed E-state index contributed by atoms with van der Waals surface area (Å²) in [5.41, 5.74) is 11.4. The van der Waals surface area contributed by atoms with Crippen molar-refractivity contribution in [2.75, 3.05) is 5.73 Å². The van der Waals surface area contributed by atoms with Gasteiger partial charge in [0.1, 0.15) is 0 Å². The number of rotatable bonds is 1. The predicted octanol–water partition coefficient (Wildman–Crippen LogP) is 3.99. The van der Waals surface area contributed by atoms with E-state index in [1.807, 2.05) is 16.7 Å². The number of fused-ring (bicyclic) bond motifs is 1. The van der Waals surface area contributed by atoms with Crippen LogP contribution in [0.15, 0.2) is 40.9 Å². The van der Waals surface area contributed by atoms with Crippen LogP contribution < -0.4 is 5.73 Å². The van der Waals surface area contributed by atoms with Crippen LogP contribution in [0.2, 0.25) is 0 Å². The first-order valence-electron chi connectivity index (χ1n) is 6.07. The fourth-order valence-corrected chi connectivity index (χ4v) is 2.56. The van der Waals surface area contributed by atoms with Gasteiger partial charge in [0.25, 0.3) is 0 Å². The summed E-state index contributed by atoms with van der Waals surface area (Å²) in [5.74, 6) is 0.511. The normalized spacial score (nSPS) is 11.1. The molecule has 96 valence electrons. The smallest absolute Gasteiger partial charge is 0.205 e. The molecule has 0 aliphatic carbocycles. The monoisotopic (exact) mass is 315 g/mol. The van der Waals surface area contributed by atoms with Gasteiger partial charge in [-0.2, -0.15) is 0 Å². The van der Waals surface area contributed by atoms with Crippen molar-refractivity contribution < 1.29 is 0 Å². The second-order valence-corrected chi connectivity index (χ2v) is 5.59. The maximum atomic E-state index is 6.06. The van der Waals surface area contributed by atoms with E-state index in [2.05, 4.69) is 59.0 Å². The number of aryl methyl sites for hydroxylation is 2. The fraction of sp³-hybridized carbons (Fsp3) is 0.133. The summed E-state index contributed by atoms with van der Waals surface area (Å²) in [5, 5.41) is 0. The van der Waals surface area contributed by atoms with E-state index in [-0.39, 0.29) is 0 Å². The molecule has 0 fully saturated rings. The summed E-state index contributed by atoms with van der Waals surface area (Å²) >= 11 is 3.56. The lowest BCUT2D eigenvalue weighted by molar-refractivity contribution is 1.10. The van der Waals surface area contributed by atoms with Crippen LogP contribution in [0, 0.1) is 13.8 Å². The lowest BCUT2D eigenvalue weighted by Crippen LogP contribution is -2.00. The Morgan fingerprint density at radius 1 is 1.11 bits per heavy atom. The molecule has 0 bridgehead atoms. The van der Waals surface area contributed by atoms with Crippen LogP contribution in [0.3, 0.4) is 0 Å². The molecule has 1 heterocycles. The van der Waals surface area contributed by atoms with Crippen molar-refractivity contribution >= 4 is 32.9 Å². The highest BCUT2D eigenvalue weighted by molar-refractivity contribution is 9.10. The van der Waals surface area contributed by atoms with Crippen molar-refractivity contribution in [2.24, 2.45) is 0 Å². The zero-order valence-electron chi connectivity index (χ0n) is 10.8. The van der Waals surface area contributed by atoms with E-state index in [9.17, 15) is 0 Å². The highest BCUT2D eigenvalue weighted by atomic mass is 79.9. The third-order valence-electron chi connectivity index (χ3n) is 3.25. The number of nitrogens with zero attached hydrogens (tertiary/aromatic N) is 2. The molecule has 2 aromatic carbocycles. The Kier molecular flexibility index (Phi) is 2.82. The van der Waals surface area contributed by atoms with Crippen molar-refractivity contribution in [3.63, 3.8) is 0 Å². The number of aromatic nitrogens is 2. The maximum absolute atomic E-state index is 6.06. The summed E-state index contributed by atoms with van der Waals surface area (Å²) in [6, 6.07) is 12.3. The van der Waals surface area contributed by atoms with Gasteiger partial charge in [-0.15, -0.1) is 0 Å². The van der Waals surface area contributed by atoms with Gasteiger partial charge in [-0.25, -0.2) is 4.98 Å². The summed E-state index contributed by atoms with van der Waals surface area (Å²) in [4.78, 5) is 4.41. The quantitative estimate of drug-likeness (QED) is 0.738. The number of imidazole rings is 1. The third kappa shape index (κ3) is 2.02. The van der Waals surface area contributed by atoms with Gasteiger partial charge in [0.15, 0.2) is 0 Å². The second kappa shape index (κ2) is 4.38. The van der Waals surface area contributed by atoms with Crippen LogP contribution in [0.25, 0.3) is 16.7 Å². The van der Waals surface area contributed by atoms with Crippen molar-refractivity contribution in [3.8, 4) is 5.69 Å². The van der Waals surface area contributed by atoms with Crippen LogP contribution in [0.5, 0.6) is 0 Å². The lowest BCUT2D eigenvalue weighted by atomic mass is 10.2. The molecule has 3 nitrogen and oxygen atoms in total. The second-order valence-electron chi connectivity index (χ2n) is 4.73. The molecule has 4 heteroatoms. The van der Waals surface area contributed by atoms with Crippen molar-refractivity contribution in [3.05, 3.63) is 52.0 Å². The van der Waals surface area contributed by atoms with Gasteiger partial charge in [-0.05, 0) is 49.2 Å². The van der Waals surface area contributed by atoms with E-state index in [0.29, 0.717) is 5.95 Å². The van der Waals surface area contributed by atoms with E-state index >= 15 is 0 Å². The Morgan fingerprint density at radius 2 is 1.89 bits per heavy atom. The average molecular weight is 316 g/mol. The Morgan fingerprint density at radius 3 is 2.63 bits per heavy atom. The van der Waals surface area contributed by atoms with Gasteiger partial charge >= 0.3 is 0 Å². The fourth-order valence-electron chi connectivity index (χ4n) is 2.20. The average Bonchev–Trinajstić information content (AvgIpc) is 2.68. The lowest BCUT2D eigenvalue weighted by Gasteiger charge is -2.08. The summed E-state index contributed by atoms with van der Waals surface area (Å²) in [6.45, 7) is 4.13. The summed E-state index contributed by atoms with van der Waals surface area (Å²) in [6.07, 6.45) is 0. The van der Waals surface area contributed by atoms with Crippen molar-refractivity contribution in [1.29, 1.82) is 0 Å². The Bertz CT molecular complexity index is 774. The molecule has 0 spiro atoms. The molecular weight excluding hydrogens is 302 g/mol. The molecule has 0 atom stereocenters.